The Morgan fingerprint density at radius 2 is 2.00 bits per heavy atom. The van der Waals surface area contributed by atoms with E-state index in [1.807, 2.05) is 0 Å². The standard InChI is InChI=1S/C14H29NO2/c1-3-5-6-7-8-13(15-9-4-2)14-12-16-10-11-17-14/h13-15H,3-12H2,1-2H3. The Hall–Kier alpha value is -0.120. The van der Waals surface area contributed by atoms with E-state index in [1.54, 1.807) is 0 Å². The zero-order valence-electron chi connectivity index (χ0n) is 11.5. The molecule has 0 aromatic carbocycles. The van der Waals surface area contributed by atoms with Crippen LogP contribution in [0.3, 0.4) is 0 Å². The van der Waals surface area contributed by atoms with Crippen molar-refractivity contribution in [2.75, 3.05) is 26.4 Å². The van der Waals surface area contributed by atoms with Crippen LogP contribution in [0.15, 0.2) is 0 Å². The number of hydrogen-bond acceptors (Lipinski definition) is 3. The van der Waals surface area contributed by atoms with Crippen molar-refractivity contribution in [3.8, 4) is 0 Å². The van der Waals surface area contributed by atoms with E-state index in [0.29, 0.717) is 6.04 Å². The van der Waals surface area contributed by atoms with Crippen molar-refractivity contribution in [1.82, 2.24) is 5.32 Å². The summed E-state index contributed by atoms with van der Waals surface area (Å²) < 4.78 is 11.3. The molecule has 0 spiro atoms. The Morgan fingerprint density at radius 3 is 2.65 bits per heavy atom. The van der Waals surface area contributed by atoms with Crippen LogP contribution in [0, 0.1) is 0 Å². The monoisotopic (exact) mass is 243 g/mol. The lowest BCUT2D eigenvalue weighted by Crippen LogP contribution is -2.46. The molecule has 2 unspecified atom stereocenters. The Morgan fingerprint density at radius 1 is 1.12 bits per heavy atom. The van der Waals surface area contributed by atoms with Gasteiger partial charge in [-0.3, -0.25) is 0 Å². The summed E-state index contributed by atoms with van der Waals surface area (Å²) in [6, 6.07) is 0.479. The average molecular weight is 243 g/mol. The third kappa shape index (κ3) is 6.39. The van der Waals surface area contributed by atoms with Crippen molar-refractivity contribution >= 4 is 0 Å². The molecule has 1 fully saturated rings. The van der Waals surface area contributed by atoms with Gasteiger partial charge in [0.05, 0.1) is 25.9 Å². The summed E-state index contributed by atoms with van der Waals surface area (Å²) in [6.45, 7) is 7.81. The van der Waals surface area contributed by atoms with Crippen LogP contribution in [0.2, 0.25) is 0 Å². The van der Waals surface area contributed by atoms with Crippen molar-refractivity contribution in [3.05, 3.63) is 0 Å². The second-order valence-corrected chi connectivity index (χ2v) is 4.89. The lowest BCUT2D eigenvalue weighted by atomic mass is 10.0. The highest BCUT2D eigenvalue weighted by atomic mass is 16.6. The van der Waals surface area contributed by atoms with Crippen molar-refractivity contribution in [2.45, 2.75) is 64.5 Å². The van der Waals surface area contributed by atoms with Gasteiger partial charge in [0.2, 0.25) is 0 Å². The van der Waals surface area contributed by atoms with Crippen molar-refractivity contribution in [2.24, 2.45) is 0 Å². The molecule has 1 saturated heterocycles. The average Bonchev–Trinajstić information content (AvgIpc) is 2.39. The Balaban J connectivity index is 2.25. The number of unbranched alkanes of at least 4 members (excludes halogenated alkanes) is 3. The van der Waals surface area contributed by atoms with E-state index >= 15 is 0 Å². The van der Waals surface area contributed by atoms with Gasteiger partial charge in [0, 0.05) is 6.04 Å². The maximum atomic E-state index is 5.81. The lowest BCUT2D eigenvalue weighted by Gasteiger charge is -2.31. The Labute approximate surface area is 106 Å². The molecule has 0 aliphatic carbocycles. The van der Waals surface area contributed by atoms with Crippen LogP contribution in [0.25, 0.3) is 0 Å². The highest BCUT2D eigenvalue weighted by Crippen LogP contribution is 2.13. The molecule has 0 bridgehead atoms. The number of hydrogen-bond donors (Lipinski definition) is 1. The molecule has 102 valence electrons. The molecule has 2 atom stereocenters. The van der Waals surface area contributed by atoms with E-state index < -0.39 is 0 Å². The lowest BCUT2D eigenvalue weighted by molar-refractivity contribution is -0.102. The summed E-state index contributed by atoms with van der Waals surface area (Å²) >= 11 is 0. The molecular weight excluding hydrogens is 214 g/mol. The zero-order chi connectivity index (χ0) is 12.3. The van der Waals surface area contributed by atoms with Gasteiger partial charge in [-0.05, 0) is 19.4 Å². The molecule has 3 heteroatoms. The molecule has 0 aromatic heterocycles. The van der Waals surface area contributed by atoms with Crippen LogP contribution < -0.4 is 5.32 Å². The van der Waals surface area contributed by atoms with Gasteiger partial charge in [-0.15, -0.1) is 0 Å². The van der Waals surface area contributed by atoms with Crippen LogP contribution >= 0.6 is 0 Å². The van der Waals surface area contributed by atoms with Crippen LogP contribution in [-0.2, 0) is 9.47 Å². The van der Waals surface area contributed by atoms with Gasteiger partial charge in [0.1, 0.15) is 0 Å². The molecule has 0 aromatic rings. The van der Waals surface area contributed by atoms with Crippen molar-refractivity contribution in [1.29, 1.82) is 0 Å². The highest BCUT2D eigenvalue weighted by molar-refractivity contribution is 4.78. The number of rotatable bonds is 9. The SMILES string of the molecule is CCCCCCC(NCCC)C1COCCO1. The van der Waals surface area contributed by atoms with E-state index in [9.17, 15) is 0 Å². The molecule has 17 heavy (non-hydrogen) atoms. The first-order valence-electron chi connectivity index (χ1n) is 7.31. The van der Waals surface area contributed by atoms with E-state index in [4.69, 9.17) is 9.47 Å². The molecule has 1 rings (SSSR count). The maximum absolute atomic E-state index is 5.81. The van der Waals surface area contributed by atoms with E-state index in [0.717, 1.165) is 26.4 Å². The number of ether oxygens (including phenoxy) is 2. The first kappa shape index (κ1) is 14.9. The van der Waals surface area contributed by atoms with Gasteiger partial charge in [-0.2, -0.15) is 0 Å². The van der Waals surface area contributed by atoms with Gasteiger partial charge in [-0.25, -0.2) is 0 Å². The van der Waals surface area contributed by atoms with Crippen molar-refractivity contribution < 1.29 is 9.47 Å². The minimum atomic E-state index is 0.261. The van der Waals surface area contributed by atoms with Gasteiger partial charge < -0.3 is 14.8 Å². The topological polar surface area (TPSA) is 30.5 Å². The fraction of sp³-hybridized carbons (Fsp3) is 1.00. The Bertz CT molecular complexity index is 170. The normalized spacial score (nSPS) is 22.6. The molecule has 1 N–H and O–H groups in total. The summed E-state index contributed by atoms with van der Waals surface area (Å²) in [5.41, 5.74) is 0. The summed E-state index contributed by atoms with van der Waals surface area (Å²) in [4.78, 5) is 0. The minimum absolute atomic E-state index is 0.261. The fourth-order valence-corrected chi connectivity index (χ4v) is 2.28. The van der Waals surface area contributed by atoms with Crippen LogP contribution in [0.5, 0.6) is 0 Å². The first-order valence-corrected chi connectivity index (χ1v) is 7.31. The summed E-state index contributed by atoms with van der Waals surface area (Å²) in [5, 5.41) is 3.61. The van der Waals surface area contributed by atoms with Crippen LogP contribution in [-0.4, -0.2) is 38.5 Å². The minimum Gasteiger partial charge on any atom is -0.376 e. The zero-order valence-corrected chi connectivity index (χ0v) is 11.5. The Kier molecular flexibility index (Phi) is 8.67. The van der Waals surface area contributed by atoms with Crippen LogP contribution in [0.1, 0.15) is 52.4 Å². The fourth-order valence-electron chi connectivity index (χ4n) is 2.28. The summed E-state index contributed by atoms with van der Waals surface area (Å²) in [6.07, 6.45) is 7.95. The predicted molar refractivity (Wildman–Crippen MR) is 71.4 cm³/mol. The van der Waals surface area contributed by atoms with E-state index in [-0.39, 0.29) is 6.10 Å². The molecule has 1 aliphatic heterocycles. The summed E-state index contributed by atoms with van der Waals surface area (Å²) in [7, 11) is 0. The molecule has 1 aliphatic rings. The molecule has 0 saturated carbocycles. The first-order chi connectivity index (χ1) is 8.38. The van der Waals surface area contributed by atoms with Gasteiger partial charge in [-0.1, -0.05) is 39.5 Å². The van der Waals surface area contributed by atoms with Gasteiger partial charge >= 0.3 is 0 Å². The molecular formula is C14H29NO2. The predicted octanol–water partition coefficient (Wildman–Crippen LogP) is 2.74. The van der Waals surface area contributed by atoms with Crippen LogP contribution in [0.4, 0.5) is 0 Å². The quantitative estimate of drug-likeness (QED) is 0.632. The van der Waals surface area contributed by atoms with Gasteiger partial charge in [0.15, 0.2) is 0 Å². The van der Waals surface area contributed by atoms with E-state index in [1.165, 1.54) is 38.5 Å². The molecule has 3 nitrogen and oxygen atoms in total. The smallest absolute Gasteiger partial charge is 0.0962 e. The molecule has 0 radical (unpaired) electrons. The highest BCUT2D eigenvalue weighted by Gasteiger charge is 2.23. The van der Waals surface area contributed by atoms with Crippen molar-refractivity contribution in [3.63, 3.8) is 0 Å². The third-order valence-electron chi connectivity index (χ3n) is 3.32. The summed E-state index contributed by atoms with van der Waals surface area (Å²) in [5.74, 6) is 0. The second kappa shape index (κ2) is 9.86. The second-order valence-electron chi connectivity index (χ2n) is 4.89. The largest absolute Gasteiger partial charge is 0.376 e. The third-order valence-corrected chi connectivity index (χ3v) is 3.32. The molecule has 0 amide bonds. The number of nitrogens with one attached hydrogen (secondary N) is 1. The maximum Gasteiger partial charge on any atom is 0.0962 e. The van der Waals surface area contributed by atoms with Gasteiger partial charge in [0.25, 0.3) is 0 Å². The molecule has 1 heterocycles. The van der Waals surface area contributed by atoms with E-state index in [2.05, 4.69) is 19.2 Å².